The van der Waals surface area contributed by atoms with E-state index in [0.717, 1.165) is 30.8 Å². The topological polar surface area (TPSA) is 58.1 Å². The number of fused-ring (bicyclic) bond motifs is 1. The van der Waals surface area contributed by atoms with Crippen LogP contribution in [0.5, 0.6) is 0 Å². The van der Waals surface area contributed by atoms with Crippen LogP contribution in [-0.2, 0) is 6.42 Å². The summed E-state index contributed by atoms with van der Waals surface area (Å²) >= 11 is 0. The number of benzene rings is 2. The van der Waals surface area contributed by atoms with Gasteiger partial charge in [0.05, 0.1) is 5.56 Å². The van der Waals surface area contributed by atoms with E-state index in [1.807, 2.05) is 35.2 Å². The first kappa shape index (κ1) is 18.2. The molecular formula is C23H24N4O. The van der Waals surface area contributed by atoms with Gasteiger partial charge in [0.15, 0.2) is 0 Å². The van der Waals surface area contributed by atoms with Crippen LogP contribution in [0.2, 0.25) is 0 Å². The highest BCUT2D eigenvalue weighted by atomic mass is 16.2. The number of rotatable bonds is 4. The first-order chi connectivity index (χ1) is 13.6. The second-order valence-electron chi connectivity index (χ2n) is 7.39. The number of hydrogen-bond donors (Lipinski definition) is 1. The zero-order chi connectivity index (χ0) is 19.5. The zero-order valence-corrected chi connectivity index (χ0v) is 16.2. The molecule has 0 atom stereocenters. The quantitative estimate of drug-likeness (QED) is 0.705. The van der Waals surface area contributed by atoms with Gasteiger partial charge in [0, 0.05) is 30.3 Å². The number of hydrogen-bond acceptors (Lipinski definition) is 4. The predicted octanol–water partition coefficient (Wildman–Crippen LogP) is 4.94. The summed E-state index contributed by atoms with van der Waals surface area (Å²) in [4.78, 5) is 23.5. The number of anilines is 3. The second kappa shape index (κ2) is 7.80. The van der Waals surface area contributed by atoms with Crippen molar-refractivity contribution in [2.45, 2.75) is 32.6 Å². The molecule has 5 nitrogen and oxygen atoms in total. The van der Waals surface area contributed by atoms with E-state index in [9.17, 15) is 4.79 Å². The van der Waals surface area contributed by atoms with Crippen LogP contribution in [0, 0.1) is 0 Å². The van der Waals surface area contributed by atoms with E-state index in [4.69, 9.17) is 0 Å². The molecule has 2 heterocycles. The Morgan fingerprint density at radius 2 is 1.75 bits per heavy atom. The largest absolute Gasteiger partial charge is 0.324 e. The van der Waals surface area contributed by atoms with Crippen LogP contribution >= 0.6 is 0 Å². The van der Waals surface area contributed by atoms with Gasteiger partial charge in [0.2, 0.25) is 5.95 Å². The van der Waals surface area contributed by atoms with Crippen LogP contribution in [0.15, 0.2) is 60.9 Å². The number of amides is 1. The summed E-state index contributed by atoms with van der Waals surface area (Å²) in [6.07, 6.45) is 5.17. The molecule has 0 bridgehead atoms. The lowest BCUT2D eigenvalue weighted by Crippen LogP contribution is -2.35. The van der Waals surface area contributed by atoms with Gasteiger partial charge in [-0.3, -0.25) is 4.79 Å². The number of para-hydroxylation sites is 1. The van der Waals surface area contributed by atoms with Crippen molar-refractivity contribution >= 4 is 23.2 Å². The van der Waals surface area contributed by atoms with E-state index in [1.165, 1.54) is 11.1 Å². The highest BCUT2D eigenvalue weighted by molar-refractivity contribution is 6.06. The first-order valence-corrected chi connectivity index (χ1v) is 9.70. The summed E-state index contributed by atoms with van der Waals surface area (Å²) in [5, 5.41) is 3.18. The van der Waals surface area contributed by atoms with Gasteiger partial charge < -0.3 is 10.2 Å². The lowest BCUT2D eigenvalue weighted by Gasteiger charge is -2.29. The molecule has 1 aliphatic heterocycles. The standard InChI is InChI=1S/C23H24N4O/c1-16(2)17-9-11-20(12-10-17)26-23-24-14-19(15-25-23)22(28)27-13-5-7-18-6-3-4-8-21(18)27/h3-4,6,8-12,14-16H,5,7,13H2,1-2H3,(H,24,25,26). The molecule has 142 valence electrons. The molecule has 1 N–H and O–H groups in total. The Morgan fingerprint density at radius 1 is 1.04 bits per heavy atom. The summed E-state index contributed by atoms with van der Waals surface area (Å²) in [6.45, 7) is 5.06. The molecule has 4 rings (SSSR count). The van der Waals surface area contributed by atoms with Gasteiger partial charge in [-0.2, -0.15) is 0 Å². The lowest BCUT2D eigenvalue weighted by molar-refractivity contribution is 0.0984. The van der Waals surface area contributed by atoms with Gasteiger partial charge in [-0.15, -0.1) is 0 Å². The fourth-order valence-electron chi connectivity index (χ4n) is 3.48. The predicted molar refractivity (Wildman–Crippen MR) is 112 cm³/mol. The van der Waals surface area contributed by atoms with Crippen LogP contribution < -0.4 is 10.2 Å². The molecule has 1 aliphatic rings. The Bertz CT molecular complexity index is 965. The van der Waals surface area contributed by atoms with Crippen molar-refractivity contribution in [2.24, 2.45) is 0 Å². The zero-order valence-electron chi connectivity index (χ0n) is 16.2. The van der Waals surface area contributed by atoms with Gasteiger partial charge in [0.1, 0.15) is 0 Å². The van der Waals surface area contributed by atoms with Crippen LogP contribution in [0.3, 0.4) is 0 Å². The van der Waals surface area contributed by atoms with Crippen molar-refractivity contribution in [1.29, 1.82) is 0 Å². The number of nitrogens with zero attached hydrogens (tertiary/aromatic N) is 3. The third-order valence-corrected chi connectivity index (χ3v) is 5.09. The van der Waals surface area contributed by atoms with Crippen molar-refractivity contribution in [3.05, 3.63) is 77.6 Å². The minimum atomic E-state index is -0.0556. The van der Waals surface area contributed by atoms with Crippen LogP contribution in [0.1, 0.15) is 47.7 Å². The van der Waals surface area contributed by atoms with Crippen LogP contribution in [0.25, 0.3) is 0 Å². The highest BCUT2D eigenvalue weighted by Gasteiger charge is 2.23. The monoisotopic (exact) mass is 372 g/mol. The number of aromatic nitrogens is 2. The van der Waals surface area contributed by atoms with Gasteiger partial charge in [-0.25, -0.2) is 9.97 Å². The molecule has 0 saturated carbocycles. The fourth-order valence-corrected chi connectivity index (χ4v) is 3.48. The summed E-state index contributed by atoms with van der Waals surface area (Å²) in [6, 6.07) is 16.3. The maximum absolute atomic E-state index is 13.0. The van der Waals surface area contributed by atoms with Crippen molar-refractivity contribution in [2.75, 3.05) is 16.8 Å². The Labute approximate surface area is 165 Å². The Hall–Kier alpha value is -3.21. The van der Waals surface area contributed by atoms with E-state index in [2.05, 4.69) is 47.3 Å². The van der Waals surface area contributed by atoms with E-state index >= 15 is 0 Å². The third-order valence-electron chi connectivity index (χ3n) is 5.09. The summed E-state index contributed by atoms with van der Waals surface area (Å²) in [5.74, 6) is 0.920. The number of aryl methyl sites for hydroxylation is 1. The minimum absolute atomic E-state index is 0.0556. The molecule has 0 saturated heterocycles. The molecule has 0 fully saturated rings. The molecule has 28 heavy (non-hydrogen) atoms. The number of carbonyl (C=O) groups is 1. The molecule has 0 spiro atoms. The smallest absolute Gasteiger partial charge is 0.261 e. The molecule has 1 amide bonds. The fraction of sp³-hybridized carbons (Fsp3) is 0.261. The van der Waals surface area contributed by atoms with E-state index in [1.54, 1.807) is 12.4 Å². The summed E-state index contributed by atoms with van der Waals surface area (Å²) in [7, 11) is 0. The molecular weight excluding hydrogens is 348 g/mol. The van der Waals surface area contributed by atoms with Crippen molar-refractivity contribution in [3.63, 3.8) is 0 Å². The molecule has 5 heteroatoms. The normalized spacial score (nSPS) is 13.3. The van der Waals surface area contributed by atoms with Crippen LogP contribution in [-0.4, -0.2) is 22.4 Å². The van der Waals surface area contributed by atoms with Gasteiger partial charge >= 0.3 is 0 Å². The van der Waals surface area contributed by atoms with Gasteiger partial charge in [-0.05, 0) is 48.1 Å². The third kappa shape index (κ3) is 3.74. The molecule has 0 unspecified atom stereocenters. The lowest BCUT2D eigenvalue weighted by atomic mass is 10.0. The van der Waals surface area contributed by atoms with Crippen LogP contribution in [0.4, 0.5) is 17.3 Å². The first-order valence-electron chi connectivity index (χ1n) is 9.70. The maximum atomic E-state index is 13.0. The highest BCUT2D eigenvalue weighted by Crippen LogP contribution is 2.28. The summed E-state index contributed by atoms with van der Waals surface area (Å²) < 4.78 is 0. The van der Waals surface area contributed by atoms with Crippen molar-refractivity contribution in [1.82, 2.24) is 9.97 Å². The molecule has 3 aromatic rings. The van der Waals surface area contributed by atoms with E-state index in [-0.39, 0.29) is 5.91 Å². The molecule has 0 aliphatic carbocycles. The number of carbonyl (C=O) groups excluding carboxylic acids is 1. The van der Waals surface area contributed by atoms with Crippen molar-refractivity contribution < 1.29 is 4.79 Å². The minimum Gasteiger partial charge on any atom is -0.324 e. The SMILES string of the molecule is CC(C)c1ccc(Nc2ncc(C(=O)N3CCCc4ccccc43)cn2)cc1. The van der Waals surface area contributed by atoms with Gasteiger partial charge in [0.25, 0.3) is 5.91 Å². The van der Waals surface area contributed by atoms with E-state index in [0.29, 0.717) is 17.4 Å². The average Bonchev–Trinajstić information content (AvgIpc) is 2.74. The summed E-state index contributed by atoms with van der Waals surface area (Å²) in [5.41, 5.74) is 4.91. The second-order valence-corrected chi connectivity index (χ2v) is 7.39. The molecule has 1 aromatic heterocycles. The number of nitrogens with one attached hydrogen (secondary N) is 1. The van der Waals surface area contributed by atoms with E-state index < -0.39 is 0 Å². The van der Waals surface area contributed by atoms with Crippen molar-refractivity contribution in [3.8, 4) is 0 Å². The van der Waals surface area contributed by atoms with Gasteiger partial charge in [-0.1, -0.05) is 44.2 Å². The molecule has 2 aromatic carbocycles. The maximum Gasteiger partial charge on any atom is 0.261 e. The molecule has 0 radical (unpaired) electrons. The Balaban J connectivity index is 1.48. The average molecular weight is 372 g/mol. The Kier molecular flexibility index (Phi) is 5.06. The Morgan fingerprint density at radius 3 is 2.46 bits per heavy atom.